The molecule has 0 aliphatic heterocycles. The van der Waals surface area contributed by atoms with Gasteiger partial charge in [0.15, 0.2) is 0 Å². The van der Waals surface area contributed by atoms with Gasteiger partial charge in [-0.15, -0.1) is 0 Å². The van der Waals surface area contributed by atoms with Gasteiger partial charge in [-0.3, -0.25) is 0 Å². The average molecular weight is 294 g/mol. The van der Waals surface area contributed by atoms with Crippen molar-refractivity contribution in [2.45, 2.75) is 19.4 Å². The van der Waals surface area contributed by atoms with Crippen molar-refractivity contribution in [2.75, 3.05) is 6.54 Å². The number of benzene rings is 2. The predicted molar refractivity (Wildman–Crippen MR) is 83.0 cm³/mol. The minimum absolute atomic E-state index is 0.295. The molecule has 0 saturated heterocycles. The largest absolute Gasteiger partial charge is 0.310 e. The molecule has 1 atom stereocenters. The Morgan fingerprint density at radius 2 is 1.74 bits per heavy atom. The van der Waals surface area contributed by atoms with Crippen molar-refractivity contribution in [3.05, 3.63) is 69.7 Å². The van der Waals surface area contributed by atoms with Gasteiger partial charge in [0.1, 0.15) is 0 Å². The molecule has 100 valence electrons. The van der Waals surface area contributed by atoms with Crippen LogP contribution in [-0.2, 0) is 6.42 Å². The van der Waals surface area contributed by atoms with Crippen molar-refractivity contribution >= 4 is 23.2 Å². The highest BCUT2D eigenvalue weighted by Crippen LogP contribution is 2.25. The standard InChI is InChI=1S/C16H17Cl2N/c1-2-19-16(13-6-4-3-5-7-13)11-12-8-9-14(17)15(18)10-12/h3-10,16,19H,2,11H2,1H3. The summed E-state index contributed by atoms with van der Waals surface area (Å²) in [6.07, 6.45) is 0.898. The van der Waals surface area contributed by atoms with E-state index in [4.69, 9.17) is 23.2 Å². The number of hydrogen-bond donors (Lipinski definition) is 1. The van der Waals surface area contributed by atoms with Crippen molar-refractivity contribution in [3.8, 4) is 0 Å². The molecule has 2 rings (SSSR count). The van der Waals surface area contributed by atoms with Gasteiger partial charge >= 0.3 is 0 Å². The Morgan fingerprint density at radius 1 is 1.00 bits per heavy atom. The summed E-state index contributed by atoms with van der Waals surface area (Å²) in [5.74, 6) is 0. The minimum Gasteiger partial charge on any atom is -0.310 e. The fraction of sp³-hybridized carbons (Fsp3) is 0.250. The van der Waals surface area contributed by atoms with Crippen molar-refractivity contribution < 1.29 is 0 Å². The molecule has 19 heavy (non-hydrogen) atoms. The molecule has 0 saturated carbocycles. The van der Waals surface area contributed by atoms with Crippen LogP contribution in [0.4, 0.5) is 0 Å². The molecule has 0 amide bonds. The van der Waals surface area contributed by atoms with Crippen LogP contribution in [-0.4, -0.2) is 6.54 Å². The van der Waals surface area contributed by atoms with Crippen molar-refractivity contribution in [2.24, 2.45) is 0 Å². The van der Waals surface area contributed by atoms with E-state index in [1.165, 1.54) is 11.1 Å². The van der Waals surface area contributed by atoms with Crippen LogP contribution in [0.1, 0.15) is 24.1 Å². The Balaban J connectivity index is 2.19. The third-order valence-corrected chi connectivity index (χ3v) is 3.82. The number of likely N-dealkylation sites (N-methyl/N-ethyl adjacent to an activating group) is 1. The Kier molecular flexibility index (Phi) is 5.26. The normalized spacial score (nSPS) is 12.4. The molecule has 0 spiro atoms. The predicted octanol–water partition coefficient (Wildman–Crippen LogP) is 4.89. The lowest BCUT2D eigenvalue weighted by Crippen LogP contribution is -2.22. The first kappa shape index (κ1) is 14.4. The summed E-state index contributed by atoms with van der Waals surface area (Å²) in [7, 11) is 0. The summed E-state index contributed by atoms with van der Waals surface area (Å²) in [6, 6.07) is 16.6. The summed E-state index contributed by atoms with van der Waals surface area (Å²) in [5.41, 5.74) is 2.47. The zero-order chi connectivity index (χ0) is 13.7. The first-order valence-electron chi connectivity index (χ1n) is 6.43. The summed E-state index contributed by atoms with van der Waals surface area (Å²) >= 11 is 12.0. The molecule has 1 N–H and O–H groups in total. The van der Waals surface area contributed by atoms with E-state index in [1.54, 1.807) is 0 Å². The lowest BCUT2D eigenvalue weighted by atomic mass is 9.99. The van der Waals surface area contributed by atoms with Gasteiger partial charge in [0.2, 0.25) is 0 Å². The fourth-order valence-electron chi connectivity index (χ4n) is 2.14. The molecular formula is C16H17Cl2N. The van der Waals surface area contributed by atoms with Gasteiger partial charge in [-0.05, 0) is 36.2 Å². The topological polar surface area (TPSA) is 12.0 Å². The molecule has 1 nitrogen and oxygen atoms in total. The SMILES string of the molecule is CCNC(Cc1ccc(Cl)c(Cl)c1)c1ccccc1. The Hall–Kier alpha value is -1.02. The van der Waals surface area contributed by atoms with Gasteiger partial charge in [-0.1, -0.05) is 66.5 Å². The average Bonchev–Trinajstić information content (AvgIpc) is 2.43. The maximum atomic E-state index is 6.07. The van der Waals surface area contributed by atoms with E-state index in [2.05, 4.69) is 36.5 Å². The second-order valence-corrected chi connectivity index (χ2v) is 5.29. The molecule has 0 heterocycles. The molecular weight excluding hydrogens is 277 g/mol. The maximum Gasteiger partial charge on any atom is 0.0595 e. The molecule has 2 aromatic carbocycles. The highest BCUT2D eigenvalue weighted by atomic mass is 35.5. The number of halogens is 2. The van der Waals surface area contributed by atoms with Crippen molar-refractivity contribution in [1.82, 2.24) is 5.32 Å². The molecule has 0 aliphatic rings. The highest BCUT2D eigenvalue weighted by Gasteiger charge is 2.11. The second kappa shape index (κ2) is 6.95. The van der Waals surface area contributed by atoms with Gasteiger partial charge in [0.05, 0.1) is 10.0 Å². The molecule has 0 fully saturated rings. The van der Waals surface area contributed by atoms with E-state index >= 15 is 0 Å². The summed E-state index contributed by atoms with van der Waals surface area (Å²) < 4.78 is 0. The zero-order valence-corrected chi connectivity index (χ0v) is 12.4. The van der Waals surface area contributed by atoms with Gasteiger partial charge in [-0.2, -0.15) is 0 Å². The molecule has 0 bridgehead atoms. The van der Waals surface area contributed by atoms with Crippen LogP contribution < -0.4 is 5.32 Å². The molecule has 0 radical (unpaired) electrons. The molecule has 2 aromatic rings. The molecule has 0 aromatic heterocycles. The Bertz CT molecular complexity index is 526. The van der Waals surface area contributed by atoms with E-state index in [9.17, 15) is 0 Å². The van der Waals surface area contributed by atoms with E-state index in [1.807, 2.05) is 24.3 Å². The van der Waals surface area contributed by atoms with Crippen LogP contribution >= 0.6 is 23.2 Å². The van der Waals surface area contributed by atoms with Gasteiger partial charge in [-0.25, -0.2) is 0 Å². The third-order valence-electron chi connectivity index (χ3n) is 3.08. The fourth-order valence-corrected chi connectivity index (χ4v) is 2.46. The first-order valence-corrected chi connectivity index (χ1v) is 7.18. The van der Waals surface area contributed by atoms with Crippen molar-refractivity contribution in [1.29, 1.82) is 0 Å². The zero-order valence-electron chi connectivity index (χ0n) is 10.9. The van der Waals surface area contributed by atoms with E-state index in [0.29, 0.717) is 16.1 Å². The maximum absolute atomic E-state index is 6.07. The van der Waals surface area contributed by atoms with Crippen LogP contribution in [0.3, 0.4) is 0 Å². The van der Waals surface area contributed by atoms with Gasteiger partial charge in [0, 0.05) is 6.04 Å². The van der Waals surface area contributed by atoms with Gasteiger partial charge < -0.3 is 5.32 Å². The van der Waals surface area contributed by atoms with Gasteiger partial charge in [0.25, 0.3) is 0 Å². The van der Waals surface area contributed by atoms with E-state index in [0.717, 1.165) is 13.0 Å². The van der Waals surface area contributed by atoms with Crippen LogP contribution in [0.5, 0.6) is 0 Å². The highest BCUT2D eigenvalue weighted by molar-refractivity contribution is 6.42. The molecule has 3 heteroatoms. The lowest BCUT2D eigenvalue weighted by Gasteiger charge is -2.18. The molecule has 0 aliphatic carbocycles. The quantitative estimate of drug-likeness (QED) is 0.828. The van der Waals surface area contributed by atoms with Crippen LogP contribution in [0.2, 0.25) is 10.0 Å². The minimum atomic E-state index is 0.295. The van der Waals surface area contributed by atoms with E-state index < -0.39 is 0 Å². The summed E-state index contributed by atoms with van der Waals surface area (Å²) in [4.78, 5) is 0. The van der Waals surface area contributed by atoms with Crippen LogP contribution in [0.15, 0.2) is 48.5 Å². The summed E-state index contributed by atoms with van der Waals surface area (Å²) in [5, 5.41) is 4.72. The van der Waals surface area contributed by atoms with Crippen LogP contribution in [0.25, 0.3) is 0 Å². The lowest BCUT2D eigenvalue weighted by molar-refractivity contribution is 0.550. The smallest absolute Gasteiger partial charge is 0.0595 e. The Labute approximate surface area is 124 Å². The number of nitrogens with one attached hydrogen (secondary N) is 1. The number of rotatable bonds is 5. The van der Waals surface area contributed by atoms with Crippen LogP contribution in [0, 0.1) is 0 Å². The van der Waals surface area contributed by atoms with E-state index in [-0.39, 0.29) is 0 Å². The third kappa shape index (κ3) is 3.97. The first-order chi connectivity index (χ1) is 9.20. The molecule has 1 unspecified atom stereocenters. The second-order valence-electron chi connectivity index (χ2n) is 4.47. The Morgan fingerprint density at radius 3 is 2.37 bits per heavy atom. The monoisotopic (exact) mass is 293 g/mol. The van der Waals surface area contributed by atoms with Crippen molar-refractivity contribution in [3.63, 3.8) is 0 Å². The summed E-state index contributed by atoms with van der Waals surface area (Å²) in [6.45, 7) is 3.05. The number of hydrogen-bond acceptors (Lipinski definition) is 1.